The van der Waals surface area contributed by atoms with E-state index >= 15 is 0 Å². The number of carbonyl (C=O) groups is 1. The molecule has 3 aromatic carbocycles. The molecule has 4 rings (SSSR count). The Hall–Kier alpha value is -3.56. The minimum Gasteiger partial charge on any atom is -0.495 e. The van der Waals surface area contributed by atoms with Gasteiger partial charge in [-0.15, -0.1) is 5.10 Å². The molecule has 0 aliphatic rings. The van der Waals surface area contributed by atoms with Crippen molar-refractivity contribution in [1.82, 2.24) is 20.2 Å². The molecule has 0 radical (unpaired) electrons. The standard InChI is InChI=1S/C23H20ClN5O3S/c1-31-20-13-21(32-2)19(12-18(20)24)25-22(30)16-8-10-17(11-9-16)29-23(26-27-28-29)33-14-15-6-4-3-5-7-15/h3-13H,14H2,1-2H3,(H,25,30). The summed E-state index contributed by atoms with van der Waals surface area (Å²) in [5, 5.41) is 15.8. The second-order valence-electron chi connectivity index (χ2n) is 6.84. The first-order valence-electron chi connectivity index (χ1n) is 9.87. The Labute approximate surface area is 199 Å². The van der Waals surface area contributed by atoms with Crippen molar-refractivity contribution in [3.8, 4) is 17.2 Å². The maximum Gasteiger partial charge on any atom is 0.255 e. The van der Waals surface area contributed by atoms with Crippen molar-refractivity contribution in [2.45, 2.75) is 10.9 Å². The topological polar surface area (TPSA) is 91.2 Å². The summed E-state index contributed by atoms with van der Waals surface area (Å²) in [4.78, 5) is 12.8. The summed E-state index contributed by atoms with van der Waals surface area (Å²) in [6.07, 6.45) is 0. The van der Waals surface area contributed by atoms with E-state index in [1.807, 2.05) is 18.2 Å². The second kappa shape index (κ2) is 10.4. The largest absolute Gasteiger partial charge is 0.495 e. The number of hydrogen-bond acceptors (Lipinski definition) is 7. The molecular weight excluding hydrogens is 462 g/mol. The zero-order chi connectivity index (χ0) is 23.2. The lowest BCUT2D eigenvalue weighted by Gasteiger charge is -2.13. The van der Waals surface area contributed by atoms with Crippen LogP contribution in [-0.4, -0.2) is 40.3 Å². The van der Waals surface area contributed by atoms with Gasteiger partial charge in [0, 0.05) is 17.4 Å². The summed E-state index contributed by atoms with van der Waals surface area (Å²) in [6, 6.07) is 20.3. The van der Waals surface area contributed by atoms with E-state index in [2.05, 4.69) is 33.0 Å². The number of nitrogens with zero attached hydrogens (tertiary/aromatic N) is 4. The molecule has 1 N–H and O–H groups in total. The number of benzene rings is 3. The van der Waals surface area contributed by atoms with Gasteiger partial charge in [-0.2, -0.15) is 4.68 Å². The van der Waals surface area contributed by atoms with E-state index < -0.39 is 0 Å². The third kappa shape index (κ3) is 5.27. The van der Waals surface area contributed by atoms with Gasteiger partial charge in [-0.1, -0.05) is 53.7 Å². The molecule has 0 bridgehead atoms. The van der Waals surface area contributed by atoms with Crippen LogP contribution < -0.4 is 14.8 Å². The zero-order valence-electron chi connectivity index (χ0n) is 17.9. The number of halogens is 1. The van der Waals surface area contributed by atoms with E-state index in [1.165, 1.54) is 31.5 Å². The van der Waals surface area contributed by atoms with Crippen molar-refractivity contribution in [3.05, 3.63) is 82.9 Å². The van der Waals surface area contributed by atoms with E-state index in [0.29, 0.717) is 32.9 Å². The molecule has 1 aromatic heterocycles. The van der Waals surface area contributed by atoms with Crippen LogP contribution in [0.15, 0.2) is 71.9 Å². The van der Waals surface area contributed by atoms with Crippen LogP contribution in [0, 0.1) is 0 Å². The molecule has 0 unspecified atom stereocenters. The van der Waals surface area contributed by atoms with Crippen LogP contribution in [0.5, 0.6) is 11.5 Å². The second-order valence-corrected chi connectivity index (χ2v) is 8.19. The number of methoxy groups -OCH3 is 2. The maximum atomic E-state index is 12.8. The molecule has 4 aromatic rings. The fraction of sp³-hybridized carbons (Fsp3) is 0.130. The third-order valence-corrected chi connectivity index (χ3v) is 6.03. The highest BCUT2D eigenvalue weighted by Gasteiger charge is 2.15. The van der Waals surface area contributed by atoms with Gasteiger partial charge in [0.05, 0.1) is 30.6 Å². The van der Waals surface area contributed by atoms with Crippen LogP contribution >= 0.6 is 23.4 Å². The lowest BCUT2D eigenvalue weighted by molar-refractivity contribution is 0.102. The Balaban J connectivity index is 1.48. The van der Waals surface area contributed by atoms with Gasteiger partial charge < -0.3 is 14.8 Å². The van der Waals surface area contributed by atoms with Crippen LogP contribution in [0.2, 0.25) is 5.02 Å². The number of tetrazole rings is 1. The quantitative estimate of drug-likeness (QED) is 0.359. The Kier molecular flexibility index (Phi) is 7.11. The number of amides is 1. The highest BCUT2D eigenvalue weighted by molar-refractivity contribution is 7.98. The van der Waals surface area contributed by atoms with Crippen LogP contribution in [0.3, 0.4) is 0 Å². The molecule has 0 aliphatic carbocycles. The summed E-state index contributed by atoms with van der Waals surface area (Å²) >= 11 is 7.72. The number of hydrogen-bond donors (Lipinski definition) is 1. The summed E-state index contributed by atoms with van der Waals surface area (Å²) < 4.78 is 12.2. The average Bonchev–Trinajstić information content (AvgIpc) is 3.32. The zero-order valence-corrected chi connectivity index (χ0v) is 19.4. The van der Waals surface area contributed by atoms with Crippen LogP contribution in [0.4, 0.5) is 5.69 Å². The van der Waals surface area contributed by atoms with E-state index in [4.69, 9.17) is 21.1 Å². The van der Waals surface area contributed by atoms with Crippen molar-refractivity contribution in [2.75, 3.05) is 19.5 Å². The molecule has 33 heavy (non-hydrogen) atoms. The summed E-state index contributed by atoms with van der Waals surface area (Å²) in [6.45, 7) is 0. The normalized spacial score (nSPS) is 10.6. The van der Waals surface area contributed by atoms with E-state index in [1.54, 1.807) is 41.1 Å². The number of rotatable bonds is 8. The van der Waals surface area contributed by atoms with Crippen molar-refractivity contribution in [3.63, 3.8) is 0 Å². The lowest BCUT2D eigenvalue weighted by Crippen LogP contribution is -2.13. The smallest absolute Gasteiger partial charge is 0.255 e. The number of ether oxygens (including phenoxy) is 2. The predicted octanol–water partition coefficient (Wildman–Crippen LogP) is 4.88. The number of nitrogens with one attached hydrogen (secondary N) is 1. The molecule has 0 spiro atoms. The summed E-state index contributed by atoms with van der Waals surface area (Å²) in [7, 11) is 3.02. The molecule has 1 heterocycles. The first-order valence-corrected chi connectivity index (χ1v) is 11.2. The van der Waals surface area contributed by atoms with Gasteiger partial charge in [-0.25, -0.2) is 0 Å². The minimum atomic E-state index is -0.309. The molecule has 0 aliphatic heterocycles. The predicted molar refractivity (Wildman–Crippen MR) is 128 cm³/mol. The van der Waals surface area contributed by atoms with E-state index in [9.17, 15) is 4.79 Å². The summed E-state index contributed by atoms with van der Waals surface area (Å²) in [5.41, 5.74) is 2.83. The van der Waals surface area contributed by atoms with Gasteiger partial charge in [-0.05, 0) is 46.3 Å². The molecule has 0 saturated carbocycles. The molecule has 8 nitrogen and oxygen atoms in total. The molecule has 1 amide bonds. The van der Waals surface area contributed by atoms with Gasteiger partial charge in [0.2, 0.25) is 5.16 Å². The molecule has 0 atom stereocenters. The fourth-order valence-electron chi connectivity index (χ4n) is 3.06. The van der Waals surface area contributed by atoms with Crippen LogP contribution in [0.25, 0.3) is 5.69 Å². The van der Waals surface area contributed by atoms with Crippen LogP contribution in [-0.2, 0) is 5.75 Å². The van der Waals surface area contributed by atoms with Gasteiger partial charge in [0.1, 0.15) is 11.5 Å². The first-order chi connectivity index (χ1) is 16.1. The van der Waals surface area contributed by atoms with Crippen molar-refractivity contribution < 1.29 is 14.3 Å². The Morgan fingerprint density at radius 3 is 2.45 bits per heavy atom. The molecule has 10 heteroatoms. The van der Waals surface area contributed by atoms with Crippen molar-refractivity contribution >= 4 is 35.0 Å². The Morgan fingerprint density at radius 2 is 1.76 bits per heavy atom. The first kappa shape index (κ1) is 22.6. The van der Waals surface area contributed by atoms with E-state index in [-0.39, 0.29) is 5.91 Å². The third-order valence-electron chi connectivity index (χ3n) is 4.75. The SMILES string of the molecule is COc1cc(OC)c(NC(=O)c2ccc(-n3nnnc3SCc3ccccc3)cc2)cc1Cl. The highest BCUT2D eigenvalue weighted by Crippen LogP contribution is 2.36. The van der Waals surface area contributed by atoms with Gasteiger partial charge in [0.15, 0.2) is 0 Å². The Morgan fingerprint density at radius 1 is 1.03 bits per heavy atom. The van der Waals surface area contributed by atoms with Crippen molar-refractivity contribution in [1.29, 1.82) is 0 Å². The lowest BCUT2D eigenvalue weighted by atomic mass is 10.2. The van der Waals surface area contributed by atoms with Gasteiger partial charge in [0.25, 0.3) is 5.91 Å². The molecule has 168 valence electrons. The monoisotopic (exact) mass is 481 g/mol. The van der Waals surface area contributed by atoms with E-state index in [0.717, 1.165) is 11.4 Å². The number of anilines is 1. The number of carbonyl (C=O) groups excluding carboxylic acids is 1. The van der Waals surface area contributed by atoms with Gasteiger partial charge >= 0.3 is 0 Å². The Bertz CT molecular complexity index is 1250. The highest BCUT2D eigenvalue weighted by atomic mass is 35.5. The number of thioether (sulfide) groups is 1. The van der Waals surface area contributed by atoms with Gasteiger partial charge in [-0.3, -0.25) is 4.79 Å². The van der Waals surface area contributed by atoms with Crippen LogP contribution in [0.1, 0.15) is 15.9 Å². The van der Waals surface area contributed by atoms with Crippen molar-refractivity contribution in [2.24, 2.45) is 0 Å². The minimum absolute atomic E-state index is 0.309. The molecular formula is C23H20ClN5O3S. The fourth-order valence-corrected chi connectivity index (χ4v) is 4.15. The summed E-state index contributed by atoms with van der Waals surface area (Å²) in [5.74, 6) is 1.33. The molecule has 0 saturated heterocycles. The molecule has 0 fully saturated rings. The maximum absolute atomic E-state index is 12.8. The number of aromatic nitrogens is 4. The average molecular weight is 482 g/mol.